The fourth-order valence-electron chi connectivity index (χ4n) is 3.30. The summed E-state index contributed by atoms with van der Waals surface area (Å²) in [6.07, 6.45) is -4.54. The number of alkyl halides is 3. The van der Waals surface area contributed by atoms with Gasteiger partial charge in [-0.3, -0.25) is 14.5 Å². The van der Waals surface area contributed by atoms with E-state index in [1.807, 2.05) is 30.0 Å². The number of anilines is 1. The summed E-state index contributed by atoms with van der Waals surface area (Å²) in [5.74, 6) is -0.572. The smallest absolute Gasteiger partial charge is 0.336 e. The molecule has 2 amide bonds. The second kappa shape index (κ2) is 8.65. The van der Waals surface area contributed by atoms with E-state index in [-0.39, 0.29) is 18.1 Å². The molecule has 1 heterocycles. The molecule has 0 aliphatic carbocycles. The lowest BCUT2D eigenvalue weighted by Crippen LogP contribution is -2.50. The number of hydrogen-bond donors (Lipinski definition) is 1. The molecule has 1 aliphatic rings. The number of amides is 2. The molecule has 2 aromatic carbocycles. The van der Waals surface area contributed by atoms with E-state index in [0.717, 1.165) is 11.6 Å². The zero-order valence-corrected chi connectivity index (χ0v) is 16.0. The Morgan fingerprint density at radius 1 is 1.00 bits per heavy atom. The highest BCUT2D eigenvalue weighted by Crippen LogP contribution is 2.34. The van der Waals surface area contributed by atoms with Crippen molar-refractivity contribution < 1.29 is 22.8 Å². The molecule has 2 aromatic rings. The molecule has 0 saturated carbocycles. The zero-order valence-electron chi connectivity index (χ0n) is 16.0. The van der Waals surface area contributed by atoms with E-state index in [4.69, 9.17) is 0 Å². The maximum absolute atomic E-state index is 13.0. The molecule has 1 saturated heterocycles. The van der Waals surface area contributed by atoms with Gasteiger partial charge in [0.05, 0.1) is 17.8 Å². The predicted octanol–water partition coefficient (Wildman–Crippen LogP) is 3.41. The monoisotopic (exact) mass is 405 g/mol. The van der Waals surface area contributed by atoms with Gasteiger partial charge in [-0.1, -0.05) is 29.8 Å². The molecule has 1 N–H and O–H groups in total. The van der Waals surface area contributed by atoms with Crippen molar-refractivity contribution in [3.05, 3.63) is 65.2 Å². The minimum atomic E-state index is -4.54. The minimum Gasteiger partial charge on any atom is -0.336 e. The van der Waals surface area contributed by atoms with Crippen LogP contribution in [-0.2, 0) is 11.0 Å². The zero-order chi connectivity index (χ0) is 21.0. The summed E-state index contributed by atoms with van der Waals surface area (Å²) in [5, 5.41) is 2.35. The van der Waals surface area contributed by atoms with Gasteiger partial charge in [-0.05, 0) is 31.2 Å². The SMILES string of the molecule is Cc1cccc(C(=O)N2CCN(CC(=O)Nc3ccccc3C(F)(F)F)CC2)c1. The fourth-order valence-corrected chi connectivity index (χ4v) is 3.30. The van der Waals surface area contributed by atoms with Crippen LogP contribution in [0.25, 0.3) is 0 Å². The highest BCUT2D eigenvalue weighted by atomic mass is 19.4. The van der Waals surface area contributed by atoms with E-state index >= 15 is 0 Å². The van der Waals surface area contributed by atoms with Crippen LogP contribution in [-0.4, -0.2) is 54.3 Å². The Labute approximate surface area is 167 Å². The van der Waals surface area contributed by atoms with Gasteiger partial charge in [0, 0.05) is 31.7 Å². The van der Waals surface area contributed by atoms with Gasteiger partial charge in [-0.25, -0.2) is 0 Å². The Bertz CT molecular complexity index is 891. The Hall–Kier alpha value is -2.87. The number of rotatable bonds is 4. The largest absolute Gasteiger partial charge is 0.418 e. The first-order valence-electron chi connectivity index (χ1n) is 9.28. The highest BCUT2D eigenvalue weighted by Gasteiger charge is 2.33. The number of piperazine rings is 1. The molecule has 1 fully saturated rings. The summed E-state index contributed by atoms with van der Waals surface area (Å²) >= 11 is 0. The number of hydrogen-bond acceptors (Lipinski definition) is 3. The van der Waals surface area contributed by atoms with Crippen molar-refractivity contribution in [1.29, 1.82) is 0 Å². The number of benzene rings is 2. The molecule has 1 aliphatic heterocycles. The first-order chi connectivity index (χ1) is 13.7. The molecule has 0 aromatic heterocycles. The number of nitrogens with zero attached hydrogens (tertiary/aromatic N) is 2. The summed E-state index contributed by atoms with van der Waals surface area (Å²) in [4.78, 5) is 28.4. The first kappa shape index (κ1) is 20.9. The van der Waals surface area contributed by atoms with Crippen molar-refractivity contribution in [3.63, 3.8) is 0 Å². The fraction of sp³-hybridized carbons (Fsp3) is 0.333. The van der Waals surface area contributed by atoms with Crippen LogP contribution < -0.4 is 5.32 Å². The van der Waals surface area contributed by atoms with Gasteiger partial charge in [0.2, 0.25) is 5.91 Å². The van der Waals surface area contributed by atoms with Crippen molar-refractivity contribution in [2.45, 2.75) is 13.1 Å². The third-order valence-corrected chi connectivity index (χ3v) is 4.80. The van der Waals surface area contributed by atoms with Gasteiger partial charge in [0.25, 0.3) is 5.91 Å². The van der Waals surface area contributed by atoms with Crippen LogP contribution >= 0.6 is 0 Å². The van der Waals surface area contributed by atoms with Crippen LogP contribution in [0.15, 0.2) is 48.5 Å². The van der Waals surface area contributed by atoms with Crippen molar-refractivity contribution >= 4 is 17.5 Å². The number of nitrogens with one attached hydrogen (secondary N) is 1. The van der Waals surface area contributed by atoms with Crippen LogP contribution in [0.3, 0.4) is 0 Å². The lowest BCUT2D eigenvalue weighted by molar-refractivity contribution is -0.137. The van der Waals surface area contributed by atoms with Crippen LogP contribution in [0.1, 0.15) is 21.5 Å². The van der Waals surface area contributed by atoms with E-state index in [2.05, 4.69) is 5.32 Å². The average Bonchev–Trinajstić information content (AvgIpc) is 2.67. The summed E-state index contributed by atoms with van der Waals surface area (Å²) in [6, 6.07) is 12.3. The standard InChI is InChI=1S/C21H22F3N3O2/c1-15-5-4-6-16(13-15)20(29)27-11-9-26(10-12-27)14-19(28)25-18-8-3-2-7-17(18)21(22,23)24/h2-8,13H,9-12,14H2,1H3,(H,25,28). The van der Waals surface area contributed by atoms with Gasteiger partial charge in [0.15, 0.2) is 0 Å². The lowest BCUT2D eigenvalue weighted by atomic mass is 10.1. The molecular weight excluding hydrogens is 383 g/mol. The topological polar surface area (TPSA) is 52.7 Å². The molecule has 0 radical (unpaired) electrons. The van der Waals surface area contributed by atoms with Gasteiger partial charge in [-0.15, -0.1) is 0 Å². The molecule has 5 nitrogen and oxygen atoms in total. The van der Waals surface area contributed by atoms with Gasteiger partial charge in [0.1, 0.15) is 0 Å². The molecule has 0 atom stereocenters. The Kier molecular flexibility index (Phi) is 6.22. The summed E-state index contributed by atoms with van der Waals surface area (Å²) < 4.78 is 39.1. The van der Waals surface area contributed by atoms with Crippen LogP contribution in [0.5, 0.6) is 0 Å². The molecule has 0 bridgehead atoms. The maximum Gasteiger partial charge on any atom is 0.418 e. The second-order valence-corrected chi connectivity index (χ2v) is 7.03. The van der Waals surface area contributed by atoms with Crippen molar-refractivity contribution in [2.24, 2.45) is 0 Å². The normalized spacial score (nSPS) is 15.2. The number of aryl methyl sites for hydroxylation is 1. The average molecular weight is 405 g/mol. The number of para-hydroxylation sites is 1. The Morgan fingerprint density at radius 3 is 2.34 bits per heavy atom. The molecule has 0 unspecified atom stereocenters. The minimum absolute atomic E-state index is 0.0291. The van der Waals surface area contributed by atoms with E-state index in [0.29, 0.717) is 31.7 Å². The molecule has 3 rings (SSSR count). The van der Waals surface area contributed by atoms with Crippen molar-refractivity contribution in [1.82, 2.24) is 9.80 Å². The quantitative estimate of drug-likeness (QED) is 0.848. The number of carbonyl (C=O) groups is 2. The molecule has 8 heteroatoms. The van der Waals surface area contributed by atoms with E-state index < -0.39 is 17.6 Å². The van der Waals surface area contributed by atoms with Crippen LogP contribution in [0.4, 0.5) is 18.9 Å². The predicted molar refractivity (Wildman–Crippen MR) is 104 cm³/mol. The number of halogens is 3. The van der Waals surface area contributed by atoms with E-state index in [9.17, 15) is 22.8 Å². The maximum atomic E-state index is 13.0. The van der Waals surface area contributed by atoms with E-state index in [1.54, 1.807) is 11.0 Å². The summed E-state index contributed by atoms with van der Waals surface area (Å²) in [7, 11) is 0. The highest BCUT2D eigenvalue weighted by molar-refractivity contribution is 5.95. The molecule has 154 valence electrons. The molecule has 0 spiro atoms. The second-order valence-electron chi connectivity index (χ2n) is 7.03. The molecule has 29 heavy (non-hydrogen) atoms. The first-order valence-corrected chi connectivity index (χ1v) is 9.28. The molecular formula is C21H22F3N3O2. The lowest BCUT2D eigenvalue weighted by Gasteiger charge is -2.34. The van der Waals surface area contributed by atoms with Crippen molar-refractivity contribution in [2.75, 3.05) is 38.0 Å². The van der Waals surface area contributed by atoms with E-state index in [1.165, 1.54) is 18.2 Å². The van der Waals surface area contributed by atoms with Crippen LogP contribution in [0.2, 0.25) is 0 Å². The van der Waals surface area contributed by atoms with Gasteiger partial charge < -0.3 is 10.2 Å². The van der Waals surface area contributed by atoms with Crippen molar-refractivity contribution in [3.8, 4) is 0 Å². The summed E-state index contributed by atoms with van der Waals surface area (Å²) in [6.45, 7) is 3.76. The summed E-state index contributed by atoms with van der Waals surface area (Å²) in [5.41, 5.74) is 0.505. The Balaban J connectivity index is 1.54. The number of carbonyl (C=O) groups excluding carboxylic acids is 2. The third kappa shape index (κ3) is 5.35. The van der Waals surface area contributed by atoms with Gasteiger partial charge in [-0.2, -0.15) is 13.2 Å². The third-order valence-electron chi connectivity index (χ3n) is 4.80. The van der Waals surface area contributed by atoms with Crippen LogP contribution in [0, 0.1) is 6.92 Å². The Morgan fingerprint density at radius 2 is 1.69 bits per heavy atom. The van der Waals surface area contributed by atoms with Gasteiger partial charge >= 0.3 is 6.18 Å².